The topological polar surface area (TPSA) is 166 Å². The molecule has 11 nitrogen and oxygen atoms in total. The summed E-state index contributed by atoms with van der Waals surface area (Å²) in [5.74, 6) is -0.0699. The Bertz CT molecular complexity index is 992. The van der Waals surface area contributed by atoms with Gasteiger partial charge in [0.1, 0.15) is 17.7 Å². The Labute approximate surface area is 185 Å². The molecule has 1 aliphatic heterocycles. The number of hydrogen-bond acceptors (Lipinski definition) is 9. The Morgan fingerprint density at radius 1 is 1.39 bits per heavy atom. The average Bonchev–Trinajstić information content (AvgIpc) is 3.23. The number of halogens is 1. The van der Waals surface area contributed by atoms with Crippen LogP contribution in [0.3, 0.4) is 0 Å². The van der Waals surface area contributed by atoms with Crippen molar-refractivity contribution in [2.45, 2.75) is 82.8 Å². The lowest BCUT2D eigenvalue weighted by atomic mass is 9.93. The second kappa shape index (κ2) is 8.90. The smallest absolute Gasteiger partial charge is 0.331 e. The summed E-state index contributed by atoms with van der Waals surface area (Å²) >= 11 is 6.05. The Morgan fingerprint density at radius 2 is 2.06 bits per heavy atom. The first kappa shape index (κ1) is 24.3. The number of fused-ring (bicyclic) bond motifs is 1. The van der Waals surface area contributed by atoms with Gasteiger partial charge in [0.2, 0.25) is 5.95 Å². The van der Waals surface area contributed by atoms with Crippen molar-refractivity contribution < 1.29 is 28.9 Å². The quantitative estimate of drug-likeness (QED) is 0.327. The minimum atomic E-state index is -3.88. The predicted molar refractivity (Wildman–Crippen MR) is 115 cm³/mol. The molecule has 5 N–H and O–H groups in total. The highest BCUT2D eigenvalue weighted by molar-refractivity contribution is 7.53. The normalized spacial score (nSPS) is 29.0. The number of nitrogen functional groups attached to an aromatic ring is 1. The van der Waals surface area contributed by atoms with E-state index in [1.54, 1.807) is 13.8 Å². The Kier molecular flexibility index (Phi) is 6.98. The fourth-order valence-electron chi connectivity index (χ4n) is 3.52. The number of aromatic nitrogens is 4. The first-order valence-electron chi connectivity index (χ1n) is 10.1. The summed E-state index contributed by atoms with van der Waals surface area (Å²) in [6.07, 6.45) is -2.13. The molecule has 1 aliphatic rings. The van der Waals surface area contributed by atoms with E-state index in [1.165, 1.54) is 10.9 Å². The second-order valence-corrected chi connectivity index (χ2v) is 10.7. The SMILES string of the molecule is CCC(C)P(=O)(O)OC(C)(CC)CC1O[C@@H](n2cnc3c(Cl)nc(N)nc32)[C@H](O)[C@@H]1O. The minimum Gasteiger partial charge on any atom is -0.388 e. The number of aliphatic hydroxyl groups is 2. The van der Waals surface area contributed by atoms with Crippen LogP contribution in [0.25, 0.3) is 11.2 Å². The van der Waals surface area contributed by atoms with Gasteiger partial charge in [0.15, 0.2) is 17.0 Å². The van der Waals surface area contributed by atoms with Gasteiger partial charge in [-0.1, -0.05) is 32.4 Å². The number of anilines is 1. The van der Waals surface area contributed by atoms with Crippen molar-refractivity contribution in [2.24, 2.45) is 0 Å². The molecular formula is C18H29ClN5O6P. The number of ether oxygens (including phenoxy) is 1. The Hall–Kier alpha value is -1.33. The third-order valence-corrected chi connectivity index (χ3v) is 8.33. The van der Waals surface area contributed by atoms with Gasteiger partial charge >= 0.3 is 7.60 Å². The average molecular weight is 478 g/mol. The van der Waals surface area contributed by atoms with Crippen molar-refractivity contribution in [3.63, 3.8) is 0 Å². The molecule has 3 heterocycles. The maximum atomic E-state index is 12.6. The summed E-state index contributed by atoms with van der Waals surface area (Å²) in [7, 11) is -3.88. The summed E-state index contributed by atoms with van der Waals surface area (Å²) in [4.78, 5) is 22.4. The molecular weight excluding hydrogens is 449 g/mol. The van der Waals surface area contributed by atoms with Gasteiger partial charge in [0.25, 0.3) is 0 Å². The van der Waals surface area contributed by atoms with E-state index in [0.29, 0.717) is 12.8 Å². The lowest BCUT2D eigenvalue weighted by Crippen LogP contribution is -2.38. The van der Waals surface area contributed by atoms with Crippen LogP contribution in [-0.2, 0) is 13.8 Å². The molecule has 1 saturated heterocycles. The molecule has 2 aromatic heterocycles. The van der Waals surface area contributed by atoms with Gasteiger partial charge in [0.05, 0.1) is 23.7 Å². The van der Waals surface area contributed by atoms with Gasteiger partial charge in [-0.2, -0.15) is 9.97 Å². The molecule has 4 unspecified atom stereocenters. The van der Waals surface area contributed by atoms with Crippen LogP contribution in [0, 0.1) is 0 Å². The van der Waals surface area contributed by atoms with Crippen LogP contribution in [0.4, 0.5) is 5.95 Å². The van der Waals surface area contributed by atoms with Crippen LogP contribution in [0.1, 0.15) is 53.2 Å². The zero-order valence-corrected chi connectivity index (χ0v) is 19.5. The first-order valence-corrected chi connectivity index (χ1v) is 12.1. The van der Waals surface area contributed by atoms with Crippen molar-refractivity contribution in [3.05, 3.63) is 11.5 Å². The van der Waals surface area contributed by atoms with Crippen molar-refractivity contribution in [2.75, 3.05) is 5.73 Å². The van der Waals surface area contributed by atoms with E-state index in [0.717, 1.165) is 0 Å². The maximum Gasteiger partial charge on any atom is 0.331 e. The lowest BCUT2D eigenvalue weighted by molar-refractivity contribution is -0.0653. The second-order valence-electron chi connectivity index (χ2n) is 8.16. The van der Waals surface area contributed by atoms with Gasteiger partial charge in [-0.25, -0.2) is 4.98 Å². The zero-order chi connectivity index (χ0) is 23.1. The number of aliphatic hydroxyl groups excluding tert-OH is 2. The summed E-state index contributed by atoms with van der Waals surface area (Å²) in [5.41, 5.74) is 4.61. The molecule has 3 rings (SSSR count). The molecule has 2 aromatic rings. The number of imidazole rings is 1. The molecule has 174 valence electrons. The largest absolute Gasteiger partial charge is 0.388 e. The van der Waals surface area contributed by atoms with Crippen molar-refractivity contribution in [3.8, 4) is 0 Å². The Morgan fingerprint density at radius 3 is 2.68 bits per heavy atom. The number of nitrogens with zero attached hydrogens (tertiary/aromatic N) is 4. The Balaban J connectivity index is 1.84. The molecule has 0 radical (unpaired) electrons. The molecule has 7 atom stereocenters. The third-order valence-electron chi connectivity index (χ3n) is 5.89. The fourth-order valence-corrected chi connectivity index (χ4v) is 5.22. The van der Waals surface area contributed by atoms with Gasteiger partial charge in [-0.15, -0.1) is 0 Å². The number of rotatable bonds is 8. The van der Waals surface area contributed by atoms with E-state index >= 15 is 0 Å². The van der Waals surface area contributed by atoms with Gasteiger partial charge in [-0.3, -0.25) is 9.13 Å². The van der Waals surface area contributed by atoms with Crippen molar-refractivity contribution in [1.29, 1.82) is 0 Å². The zero-order valence-electron chi connectivity index (χ0n) is 17.8. The van der Waals surface area contributed by atoms with Crippen LogP contribution >= 0.6 is 19.2 Å². The first-order chi connectivity index (χ1) is 14.4. The molecule has 0 spiro atoms. The van der Waals surface area contributed by atoms with Crippen LogP contribution in [-0.4, -0.2) is 64.2 Å². The number of nitrogens with two attached hydrogens (primary N) is 1. The van der Waals surface area contributed by atoms with Crippen LogP contribution in [0.5, 0.6) is 0 Å². The predicted octanol–water partition coefficient (Wildman–Crippen LogP) is 2.24. The number of hydrogen-bond donors (Lipinski definition) is 4. The van der Waals surface area contributed by atoms with Gasteiger partial charge in [0, 0.05) is 6.42 Å². The minimum absolute atomic E-state index is 0.0570. The third kappa shape index (κ3) is 4.73. The lowest BCUT2D eigenvalue weighted by Gasteiger charge is -2.35. The van der Waals surface area contributed by atoms with Crippen molar-refractivity contribution in [1.82, 2.24) is 19.5 Å². The molecule has 31 heavy (non-hydrogen) atoms. The highest BCUT2D eigenvalue weighted by Crippen LogP contribution is 2.54. The summed E-state index contributed by atoms with van der Waals surface area (Å²) in [6, 6.07) is 0. The molecule has 13 heteroatoms. The molecule has 0 amide bonds. The van der Waals surface area contributed by atoms with E-state index in [1.807, 2.05) is 13.8 Å². The van der Waals surface area contributed by atoms with E-state index in [-0.39, 0.29) is 28.7 Å². The highest BCUT2D eigenvalue weighted by atomic mass is 35.5. The van der Waals surface area contributed by atoms with Gasteiger partial charge < -0.3 is 30.1 Å². The molecule has 0 bridgehead atoms. The van der Waals surface area contributed by atoms with E-state index < -0.39 is 43.4 Å². The summed E-state index contributed by atoms with van der Waals surface area (Å²) in [6.45, 7) is 6.97. The standard InChI is InChI=1S/C18H29ClN5O6P/c1-5-9(3)31(27,28)30-18(4,6-2)7-10-12(25)13(26)16(29-10)24-8-21-11-14(19)22-17(20)23-15(11)24/h8-10,12-13,16,25-26H,5-7H2,1-4H3,(H,27,28)(H2,20,22,23)/t9?,10?,12-,13-,16-,18?/m1/s1. The van der Waals surface area contributed by atoms with Crippen molar-refractivity contribution >= 4 is 36.3 Å². The molecule has 1 fully saturated rings. The molecule has 0 aliphatic carbocycles. The summed E-state index contributed by atoms with van der Waals surface area (Å²) in [5, 5.41) is 21.3. The van der Waals surface area contributed by atoms with Gasteiger partial charge in [-0.05, 0) is 19.8 Å². The summed E-state index contributed by atoms with van der Waals surface area (Å²) < 4.78 is 25.7. The van der Waals surface area contributed by atoms with E-state index in [4.69, 9.17) is 26.6 Å². The van der Waals surface area contributed by atoms with E-state index in [9.17, 15) is 19.7 Å². The van der Waals surface area contributed by atoms with Crippen LogP contribution in [0.15, 0.2) is 6.33 Å². The van der Waals surface area contributed by atoms with Crippen LogP contribution in [0.2, 0.25) is 5.15 Å². The van der Waals surface area contributed by atoms with Crippen LogP contribution < -0.4 is 5.73 Å². The highest BCUT2D eigenvalue weighted by Gasteiger charge is 2.48. The molecule has 0 aromatic carbocycles. The molecule has 0 saturated carbocycles. The fraction of sp³-hybridized carbons (Fsp3) is 0.722. The van der Waals surface area contributed by atoms with E-state index in [2.05, 4.69) is 15.0 Å². The maximum absolute atomic E-state index is 12.6. The monoisotopic (exact) mass is 477 g/mol.